The van der Waals surface area contributed by atoms with Crippen LogP contribution in [0.15, 0.2) is 36.4 Å². The van der Waals surface area contributed by atoms with E-state index in [1.807, 2.05) is 30.3 Å². The minimum atomic E-state index is -1.24. The first-order valence-corrected chi connectivity index (χ1v) is 8.22. The number of carbonyl (C=O) groups is 1. The van der Waals surface area contributed by atoms with Gasteiger partial charge in [-0.2, -0.15) is 0 Å². The summed E-state index contributed by atoms with van der Waals surface area (Å²) in [5.74, 6) is 0.260. The Morgan fingerprint density at radius 3 is 2.61 bits per heavy atom. The average molecular weight is 314 g/mol. The first-order chi connectivity index (χ1) is 11.2. The smallest absolute Gasteiger partial charge is 0.339 e. The van der Waals surface area contributed by atoms with Crippen LogP contribution in [0.25, 0.3) is 10.8 Å². The van der Waals surface area contributed by atoms with E-state index in [9.17, 15) is 9.90 Å². The van der Waals surface area contributed by atoms with E-state index in [1.165, 1.54) is 12.8 Å². The van der Waals surface area contributed by atoms with Crippen molar-refractivity contribution >= 4 is 16.7 Å². The fourth-order valence-corrected chi connectivity index (χ4v) is 3.04. The lowest BCUT2D eigenvalue weighted by Gasteiger charge is -2.14. The Morgan fingerprint density at radius 1 is 1.17 bits per heavy atom. The van der Waals surface area contributed by atoms with Gasteiger partial charge in [0, 0.05) is 0 Å². The number of ether oxygens (including phenoxy) is 2. The van der Waals surface area contributed by atoms with Crippen molar-refractivity contribution in [2.24, 2.45) is 0 Å². The van der Waals surface area contributed by atoms with E-state index in [4.69, 9.17) is 9.47 Å². The second-order valence-corrected chi connectivity index (χ2v) is 5.95. The normalized spacial score (nSPS) is 16.4. The summed E-state index contributed by atoms with van der Waals surface area (Å²) in [6, 6.07) is 11.4. The van der Waals surface area contributed by atoms with E-state index < -0.39 is 12.1 Å². The molecule has 0 aromatic heterocycles. The summed E-state index contributed by atoms with van der Waals surface area (Å²) in [6.45, 7) is 1.97. The quantitative estimate of drug-likeness (QED) is 0.854. The molecule has 1 saturated carbocycles. The number of hydrogen-bond donors (Lipinski definition) is 1. The maximum atomic E-state index is 11.6. The average Bonchev–Trinajstić information content (AvgIpc) is 3.07. The number of fused-ring (bicyclic) bond motifs is 1. The standard InChI is InChI=1S/C19H22O4/c1-2-22-19(21)18(20)15-8-7-14-12-17(10-9-13(14)11-15)23-16-5-3-4-6-16/h7-12,16,18,20H,2-6H2,1H3. The molecule has 0 saturated heterocycles. The SMILES string of the molecule is CCOC(=O)C(O)c1ccc2cc(OC3CCCC3)ccc2c1. The minimum absolute atomic E-state index is 0.255. The Labute approximate surface area is 136 Å². The van der Waals surface area contributed by atoms with Crippen LogP contribution in [0.1, 0.15) is 44.3 Å². The lowest BCUT2D eigenvalue weighted by molar-refractivity contribution is -0.153. The van der Waals surface area contributed by atoms with Crippen molar-refractivity contribution in [2.45, 2.75) is 44.8 Å². The third-order valence-electron chi connectivity index (χ3n) is 4.27. The van der Waals surface area contributed by atoms with Gasteiger partial charge in [-0.3, -0.25) is 0 Å². The summed E-state index contributed by atoms with van der Waals surface area (Å²) < 4.78 is 10.9. The number of aliphatic hydroxyl groups excluding tert-OH is 1. The molecule has 0 bridgehead atoms. The molecule has 1 unspecified atom stereocenters. The highest BCUT2D eigenvalue weighted by atomic mass is 16.5. The van der Waals surface area contributed by atoms with Gasteiger partial charge in [0.1, 0.15) is 5.75 Å². The van der Waals surface area contributed by atoms with Crippen molar-refractivity contribution in [1.29, 1.82) is 0 Å². The Hall–Kier alpha value is -2.07. The molecule has 4 heteroatoms. The van der Waals surface area contributed by atoms with E-state index >= 15 is 0 Å². The fourth-order valence-electron chi connectivity index (χ4n) is 3.04. The van der Waals surface area contributed by atoms with Crippen LogP contribution in [-0.4, -0.2) is 23.8 Å². The van der Waals surface area contributed by atoms with Crippen molar-refractivity contribution in [1.82, 2.24) is 0 Å². The third kappa shape index (κ3) is 3.64. The zero-order valence-electron chi connectivity index (χ0n) is 13.3. The van der Waals surface area contributed by atoms with Gasteiger partial charge in [0.05, 0.1) is 12.7 Å². The first-order valence-electron chi connectivity index (χ1n) is 8.22. The van der Waals surface area contributed by atoms with E-state index in [2.05, 4.69) is 0 Å². The van der Waals surface area contributed by atoms with Gasteiger partial charge in [0.25, 0.3) is 0 Å². The van der Waals surface area contributed by atoms with Crippen LogP contribution in [0.5, 0.6) is 5.75 Å². The Balaban J connectivity index is 1.79. The maximum Gasteiger partial charge on any atom is 0.339 e. The highest BCUT2D eigenvalue weighted by Gasteiger charge is 2.19. The van der Waals surface area contributed by atoms with Gasteiger partial charge in [0.15, 0.2) is 6.10 Å². The second-order valence-electron chi connectivity index (χ2n) is 5.95. The van der Waals surface area contributed by atoms with Crippen LogP contribution in [0.3, 0.4) is 0 Å². The zero-order chi connectivity index (χ0) is 16.2. The lowest BCUT2D eigenvalue weighted by Crippen LogP contribution is -2.15. The van der Waals surface area contributed by atoms with Crippen molar-refractivity contribution in [2.75, 3.05) is 6.61 Å². The first kappa shape index (κ1) is 15.8. The third-order valence-corrected chi connectivity index (χ3v) is 4.27. The molecular formula is C19H22O4. The fraction of sp³-hybridized carbons (Fsp3) is 0.421. The molecule has 0 heterocycles. The molecule has 122 valence electrons. The molecule has 3 rings (SSSR count). The summed E-state index contributed by atoms with van der Waals surface area (Å²) in [4.78, 5) is 11.6. The number of carbonyl (C=O) groups excluding carboxylic acids is 1. The van der Waals surface area contributed by atoms with Gasteiger partial charge in [0.2, 0.25) is 0 Å². The summed E-state index contributed by atoms with van der Waals surface area (Å²) in [6.07, 6.45) is 3.83. The Kier molecular flexibility index (Phi) is 4.82. The zero-order valence-corrected chi connectivity index (χ0v) is 13.3. The van der Waals surface area contributed by atoms with Gasteiger partial charge in [-0.05, 0) is 67.1 Å². The highest BCUT2D eigenvalue weighted by Crippen LogP contribution is 2.28. The van der Waals surface area contributed by atoms with Gasteiger partial charge in [-0.1, -0.05) is 18.2 Å². The van der Waals surface area contributed by atoms with Crippen LogP contribution >= 0.6 is 0 Å². The monoisotopic (exact) mass is 314 g/mol. The second kappa shape index (κ2) is 7.01. The molecule has 0 aliphatic heterocycles. The molecule has 1 aliphatic carbocycles. The molecule has 1 atom stereocenters. The molecule has 0 amide bonds. The molecule has 0 radical (unpaired) electrons. The highest BCUT2D eigenvalue weighted by molar-refractivity contribution is 5.86. The van der Waals surface area contributed by atoms with E-state index in [0.717, 1.165) is 29.4 Å². The topological polar surface area (TPSA) is 55.8 Å². The van der Waals surface area contributed by atoms with Crippen LogP contribution in [-0.2, 0) is 9.53 Å². The predicted molar refractivity (Wildman–Crippen MR) is 88.4 cm³/mol. The van der Waals surface area contributed by atoms with Gasteiger partial charge in [-0.25, -0.2) is 4.79 Å². The lowest BCUT2D eigenvalue weighted by atomic mass is 10.0. The number of rotatable bonds is 5. The van der Waals surface area contributed by atoms with Gasteiger partial charge >= 0.3 is 5.97 Å². The Morgan fingerprint density at radius 2 is 1.87 bits per heavy atom. The van der Waals surface area contributed by atoms with Crippen molar-refractivity contribution in [3.63, 3.8) is 0 Å². The summed E-state index contributed by atoms with van der Waals surface area (Å²) in [5, 5.41) is 12.0. The maximum absolute atomic E-state index is 11.6. The number of esters is 1. The number of aliphatic hydroxyl groups is 1. The van der Waals surface area contributed by atoms with Crippen molar-refractivity contribution in [3.8, 4) is 5.75 Å². The van der Waals surface area contributed by atoms with E-state index in [0.29, 0.717) is 11.7 Å². The summed E-state index contributed by atoms with van der Waals surface area (Å²) in [5.41, 5.74) is 0.542. The van der Waals surface area contributed by atoms with Crippen LogP contribution in [0.2, 0.25) is 0 Å². The molecule has 2 aromatic carbocycles. The van der Waals surface area contributed by atoms with E-state index in [1.54, 1.807) is 13.0 Å². The number of benzene rings is 2. The summed E-state index contributed by atoms with van der Waals surface area (Å²) in [7, 11) is 0. The molecule has 23 heavy (non-hydrogen) atoms. The molecule has 2 aromatic rings. The number of hydrogen-bond acceptors (Lipinski definition) is 4. The van der Waals surface area contributed by atoms with Gasteiger partial charge < -0.3 is 14.6 Å². The Bertz CT molecular complexity index is 689. The van der Waals surface area contributed by atoms with E-state index in [-0.39, 0.29) is 6.61 Å². The predicted octanol–water partition coefficient (Wildman–Crippen LogP) is 3.76. The van der Waals surface area contributed by atoms with Crippen LogP contribution in [0.4, 0.5) is 0 Å². The molecule has 4 nitrogen and oxygen atoms in total. The van der Waals surface area contributed by atoms with Crippen LogP contribution < -0.4 is 4.74 Å². The minimum Gasteiger partial charge on any atom is -0.490 e. The largest absolute Gasteiger partial charge is 0.490 e. The van der Waals surface area contributed by atoms with Crippen LogP contribution in [0, 0.1) is 0 Å². The molecule has 1 aliphatic rings. The van der Waals surface area contributed by atoms with Gasteiger partial charge in [-0.15, -0.1) is 0 Å². The molecule has 1 N–H and O–H groups in total. The van der Waals surface area contributed by atoms with Crippen molar-refractivity contribution < 1.29 is 19.4 Å². The summed E-state index contributed by atoms with van der Waals surface area (Å²) >= 11 is 0. The molecular weight excluding hydrogens is 292 g/mol. The van der Waals surface area contributed by atoms with Crippen molar-refractivity contribution in [3.05, 3.63) is 42.0 Å². The molecule has 1 fully saturated rings. The molecule has 0 spiro atoms.